The van der Waals surface area contributed by atoms with Gasteiger partial charge >= 0.3 is 5.97 Å². The van der Waals surface area contributed by atoms with E-state index in [0.717, 1.165) is 24.8 Å². The van der Waals surface area contributed by atoms with Gasteiger partial charge in [0.2, 0.25) is 0 Å². The number of carboxylic acid groups (broad SMARTS) is 1. The van der Waals surface area contributed by atoms with Crippen LogP contribution in [0.5, 0.6) is 0 Å². The molecule has 3 nitrogen and oxygen atoms in total. The van der Waals surface area contributed by atoms with Gasteiger partial charge in [-0.25, -0.2) is 4.79 Å². The number of aliphatic hydroxyl groups is 1. The highest BCUT2D eigenvalue weighted by Gasteiger charge is 2.08. The van der Waals surface area contributed by atoms with Gasteiger partial charge in [0.25, 0.3) is 0 Å². The molecule has 0 aliphatic carbocycles. The Balaban J connectivity index is 2.66. The summed E-state index contributed by atoms with van der Waals surface area (Å²) in [5, 5.41) is 18.4. The maximum absolute atomic E-state index is 10.6. The van der Waals surface area contributed by atoms with Gasteiger partial charge in [0.1, 0.15) is 0 Å². The quantitative estimate of drug-likeness (QED) is 0.782. The fraction of sp³-hybridized carbons (Fsp3) is 0.417. The normalized spacial score (nSPS) is 12.4. The summed E-state index contributed by atoms with van der Waals surface area (Å²) < 4.78 is 0. The van der Waals surface area contributed by atoms with E-state index in [1.54, 1.807) is 12.1 Å². The molecule has 0 aliphatic rings. The summed E-state index contributed by atoms with van der Waals surface area (Å²) in [5.41, 5.74) is 1.04. The molecule has 1 aromatic carbocycles. The molecule has 1 unspecified atom stereocenters. The van der Waals surface area contributed by atoms with E-state index in [-0.39, 0.29) is 5.56 Å². The molecule has 0 amide bonds. The van der Waals surface area contributed by atoms with E-state index in [0.29, 0.717) is 0 Å². The summed E-state index contributed by atoms with van der Waals surface area (Å²) >= 11 is 0. The number of benzene rings is 1. The predicted octanol–water partition coefficient (Wildman–Crippen LogP) is 2.61. The number of hydrogen-bond donors (Lipinski definition) is 2. The van der Waals surface area contributed by atoms with Gasteiger partial charge in [-0.1, -0.05) is 31.9 Å². The van der Waals surface area contributed by atoms with Crippen LogP contribution in [0.3, 0.4) is 0 Å². The molecule has 0 aromatic heterocycles. The lowest BCUT2D eigenvalue weighted by Gasteiger charge is -2.10. The van der Waals surface area contributed by atoms with Gasteiger partial charge in [-0.15, -0.1) is 0 Å². The molecule has 0 heterocycles. The SMILES string of the molecule is CCCCC(O)c1ccc(C(=O)O)cc1. The van der Waals surface area contributed by atoms with Crippen LogP contribution in [0.2, 0.25) is 0 Å². The molecule has 0 spiro atoms. The van der Waals surface area contributed by atoms with Crippen molar-refractivity contribution in [2.75, 3.05) is 0 Å². The van der Waals surface area contributed by atoms with Crippen LogP contribution in [0.1, 0.15) is 48.2 Å². The molecule has 1 rings (SSSR count). The van der Waals surface area contributed by atoms with Crippen LogP contribution in [0, 0.1) is 0 Å². The summed E-state index contributed by atoms with van der Waals surface area (Å²) in [4.78, 5) is 10.6. The zero-order valence-corrected chi connectivity index (χ0v) is 8.81. The van der Waals surface area contributed by atoms with Crippen LogP contribution in [-0.4, -0.2) is 16.2 Å². The summed E-state index contributed by atoms with van der Waals surface area (Å²) in [6.07, 6.45) is 2.27. The van der Waals surface area contributed by atoms with Crippen LogP contribution in [0.4, 0.5) is 0 Å². The fourth-order valence-electron chi connectivity index (χ4n) is 1.41. The summed E-state index contributed by atoms with van der Waals surface area (Å²) in [7, 11) is 0. The van der Waals surface area contributed by atoms with Gasteiger partial charge in [0.15, 0.2) is 0 Å². The van der Waals surface area contributed by atoms with Crippen LogP contribution >= 0.6 is 0 Å². The highest BCUT2D eigenvalue weighted by Crippen LogP contribution is 2.19. The number of aliphatic hydroxyl groups excluding tert-OH is 1. The lowest BCUT2D eigenvalue weighted by atomic mass is 10.0. The molecular weight excluding hydrogens is 192 g/mol. The van der Waals surface area contributed by atoms with Crippen LogP contribution < -0.4 is 0 Å². The molecule has 0 aliphatic heterocycles. The number of hydrogen-bond acceptors (Lipinski definition) is 2. The number of unbranched alkanes of at least 4 members (excludes halogenated alkanes) is 1. The van der Waals surface area contributed by atoms with Crippen molar-refractivity contribution in [3.05, 3.63) is 35.4 Å². The molecule has 0 radical (unpaired) electrons. The van der Waals surface area contributed by atoms with Crippen molar-refractivity contribution in [3.63, 3.8) is 0 Å². The molecule has 1 aromatic rings. The Labute approximate surface area is 89.4 Å². The fourth-order valence-corrected chi connectivity index (χ4v) is 1.41. The number of carbonyl (C=O) groups is 1. The first-order chi connectivity index (χ1) is 7.15. The molecule has 82 valence electrons. The van der Waals surface area contributed by atoms with E-state index in [4.69, 9.17) is 5.11 Å². The topological polar surface area (TPSA) is 57.5 Å². The standard InChI is InChI=1S/C12H16O3/c1-2-3-4-11(13)9-5-7-10(8-6-9)12(14)15/h5-8,11,13H,2-4H2,1H3,(H,14,15). The first-order valence-corrected chi connectivity index (χ1v) is 5.16. The van der Waals surface area contributed by atoms with Crippen molar-refractivity contribution in [1.29, 1.82) is 0 Å². The second kappa shape index (κ2) is 5.51. The molecule has 0 fully saturated rings. The van der Waals surface area contributed by atoms with Crippen LogP contribution in [0.15, 0.2) is 24.3 Å². The van der Waals surface area contributed by atoms with E-state index >= 15 is 0 Å². The monoisotopic (exact) mass is 208 g/mol. The second-order valence-electron chi connectivity index (χ2n) is 3.59. The van der Waals surface area contributed by atoms with Crippen LogP contribution in [0.25, 0.3) is 0 Å². The summed E-state index contributed by atoms with van der Waals surface area (Å²) in [6, 6.07) is 6.38. The van der Waals surface area contributed by atoms with Gasteiger partial charge in [-0.2, -0.15) is 0 Å². The Morgan fingerprint density at radius 1 is 1.33 bits per heavy atom. The number of rotatable bonds is 5. The molecule has 15 heavy (non-hydrogen) atoms. The van der Waals surface area contributed by atoms with Crippen molar-refractivity contribution in [2.45, 2.75) is 32.3 Å². The number of carboxylic acids is 1. The highest BCUT2D eigenvalue weighted by molar-refractivity contribution is 5.87. The van der Waals surface area contributed by atoms with Gasteiger partial charge < -0.3 is 10.2 Å². The van der Waals surface area contributed by atoms with Gasteiger partial charge in [-0.3, -0.25) is 0 Å². The Kier molecular flexibility index (Phi) is 4.31. The third-order valence-electron chi connectivity index (χ3n) is 2.37. The highest BCUT2D eigenvalue weighted by atomic mass is 16.4. The predicted molar refractivity (Wildman–Crippen MR) is 57.9 cm³/mol. The minimum absolute atomic E-state index is 0.251. The molecule has 0 saturated heterocycles. The van der Waals surface area contributed by atoms with Gasteiger partial charge in [-0.05, 0) is 24.1 Å². The van der Waals surface area contributed by atoms with E-state index in [1.165, 1.54) is 12.1 Å². The first kappa shape index (κ1) is 11.7. The zero-order valence-electron chi connectivity index (χ0n) is 8.81. The van der Waals surface area contributed by atoms with Crippen molar-refractivity contribution in [1.82, 2.24) is 0 Å². The Hall–Kier alpha value is -1.35. The second-order valence-corrected chi connectivity index (χ2v) is 3.59. The van der Waals surface area contributed by atoms with Gasteiger partial charge in [0.05, 0.1) is 11.7 Å². The molecule has 3 heteroatoms. The lowest BCUT2D eigenvalue weighted by molar-refractivity contribution is 0.0696. The van der Waals surface area contributed by atoms with E-state index in [2.05, 4.69) is 6.92 Å². The third kappa shape index (κ3) is 3.36. The third-order valence-corrected chi connectivity index (χ3v) is 2.37. The van der Waals surface area contributed by atoms with E-state index in [1.807, 2.05) is 0 Å². The van der Waals surface area contributed by atoms with Crippen molar-refractivity contribution < 1.29 is 15.0 Å². The smallest absolute Gasteiger partial charge is 0.335 e. The maximum Gasteiger partial charge on any atom is 0.335 e. The van der Waals surface area contributed by atoms with E-state index < -0.39 is 12.1 Å². The largest absolute Gasteiger partial charge is 0.478 e. The molecule has 0 bridgehead atoms. The van der Waals surface area contributed by atoms with Crippen molar-refractivity contribution >= 4 is 5.97 Å². The summed E-state index contributed by atoms with van der Waals surface area (Å²) in [6.45, 7) is 2.07. The molecular formula is C12H16O3. The average Bonchev–Trinajstić information content (AvgIpc) is 2.26. The minimum atomic E-state index is -0.940. The molecule has 2 N–H and O–H groups in total. The van der Waals surface area contributed by atoms with Crippen molar-refractivity contribution in [2.24, 2.45) is 0 Å². The lowest BCUT2D eigenvalue weighted by Crippen LogP contribution is -2.00. The Morgan fingerprint density at radius 3 is 2.40 bits per heavy atom. The van der Waals surface area contributed by atoms with Crippen LogP contribution in [-0.2, 0) is 0 Å². The minimum Gasteiger partial charge on any atom is -0.478 e. The van der Waals surface area contributed by atoms with Crippen molar-refractivity contribution in [3.8, 4) is 0 Å². The summed E-state index contributed by atoms with van der Waals surface area (Å²) in [5.74, 6) is -0.940. The zero-order chi connectivity index (χ0) is 11.3. The molecule has 0 saturated carbocycles. The van der Waals surface area contributed by atoms with E-state index in [9.17, 15) is 9.90 Å². The molecule has 1 atom stereocenters. The Morgan fingerprint density at radius 2 is 1.93 bits per heavy atom. The maximum atomic E-state index is 10.6. The van der Waals surface area contributed by atoms with Gasteiger partial charge in [0, 0.05) is 0 Å². The first-order valence-electron chi connectivity index (χ1n) is 5.16. The average molecular weight is 208 g/mol. The Bertz CT molecular complexity index is 316. The number of aromatic carboxylic acids is 1.